The van der Waals surface area contributed by atoms with Crippen LogP contribution in [0, 0.1) is 0 Å². The minimum absolute atomic E-state index is 0.0406. The first-order chi connectivity index (χ1) is 11.0. The van der Waals surface area contributed by atoms with Crippen LogP contribution in [0.2, 0.25) is 0 Å². The lowest BCUT2D eigenvalue weighted by Crippen LogP contribution is -2.14. The van der Waals surface area contributed by atoms with Gasteiger partial charge in [0.2, 0.25) is 0 Å². The molecule has 0 atom stereocenters. The quantitative estimate of drug-likeness (QED) is 0.756. The topological polar surface area (TPSA) is 42.0 Å². The standard InChI is InChI=1S/C17H11F3N2O/c18-17(19,20)13-8-9-14(12-6-2-1-5-11(12)13)22-16(23)15-7-3-4-10-21-15/h1-10H,(H,22,23). The Balaban J connectivity index is 2.05. The van der Waals surface area contributed by atoms with Gasteiger partial charge < -0.3 is 5.32 Å². The number of carbonyl (C=O) groups is 1. The normalized spacial score (nSPS) is 11.4. The molecule has 0 aliphatic heterocycles. The monoisotopic (exact) mass is 316 g/mol. The van der Waals surface area contributed by atoms with Crippen LogP contribution < -0.4 is 5.32 Å². The molecule has 0 fully saturated rings. The van der Waals surface area contributed by atoms with Crippen molar-refractivity contribution in [2.75, 3.05) is 5.32 Å². The summed E-state index contributed by atoms with van der Waals surface area (Å²) < 4.78 is 39.2. The molecule has 0 unspecified atom stereocenters. The molecule has 1 aromatic heterocycles. The molecule has 1 heterocycles. The smallest absolute Gasteiger partial charge is 0.320 e. The summed E-state index contributed by atoms with van der Waals surface area (Å²) in [6.07, 6.45) is -2.98. The maximum Gasteiger partial charge on any atom is 0.417 e. The third-order valence-electron chi connectivity index (χ3n) is 3.38. The van der Waals surface area contributed by atoms with Gasteiger partial charge in [0.25, 0.3) is 5.91 Å². The number of nitrogens with zero attached hydrogens (tertiary/aromatic N) is 1. The van der Waals surface area contributed by atoms with Crippen molar-refractivity contribution in [3.63, 3.8) is 0 Å². The van der Waals surface area contributed by atoms with Gasteiger partial charge in [0, 0.05) is 17.3 Å². The van der Waals surface area contributed by atoms with Gasteiger partial charge in [-0.3, -0.25) is 9.78 Å². The van der Waals surface area contributed by atoms with E-state index in [0.717, 1.165) is 6.07 Å². The minimum Gasteiger partial charge on any atom is -0.320 e. The molecular formula is C17H11F3N2O. The summed E-state index contributed by atoms with van der Waals surface area (Å²) in [5.41, 5.74) is -0.232. The molecule has 1 amide bonds. The average Bonchev–Trinajstić information content (AvgIpc) is 2.55. The van der Waals surface area contributed by atoms with E-state index >= 15 is 0 Å². The Morgan fingerprint density at radius 1 is 0.913 bits per heavy atom. The van der Waals surface area contributed by atoms with Crippen molar-refractivity contribution in [3.05, 3.63) is 72.1 Å². The third-order valence-corrected chi connectivity index (χ3v) is 3.38. The molecule has 0 radical (unpaired) electrons. The van der Waals surface area contributed by atoms with Crippen LogP contribution in [0.15, 0.2) is 60.8 Å². The van der Waals surface area contributed by atoms with E-state index < -0.39 is 17.6 Å². The number of alkyl halides is 3. The van der Waals surface area contributed by atoms with E-state index in [4.69, 9.17) is 0 Å². The number of pyridine rings is 1. The number of benzene rings is 2. The molecule has 2 aromatic carbocycles. The number of anilines is 1. The fourth-order valence-electron chi connectivity index (χ4n) is 2.34. The van der Waals surface area contributed by atoms with E-state index in [2.05, 4.69) is 10.3 Å². The van der Waals surface area contributed by atoms with Gasteiger partial charge in [-0.15, -0.1) is 0 Å². The zero-order chi connectivity index (χ0) is 16.4. The van der Waals surface area contributed by atoms with Gasteiger partial charge in [-0.2, -0.15) is 13.2 Å². The predicted octanol–water partition coefficient (Wildman–Crippen LogP) is 4.51. The number of rotatable bonds is 2. The van der Waals surface area contributed by atoms with E-state index in [1.165, 1.54) is 30.5 Å². The molecule has 0 bridgehead atoms. The van der Waals surface area contributed by atoms with E-state index in [1.807, 2.05) is 0 Å². The highest BCUT2D eigenvalue weighted by Gasteiger charge is 2.32. The molecule has 3 nitrogen and oxygen atoms in total. The van der Waals surface area contributed by atoms with E-state index in [1.54, 1.807) is 24.3 Å². The minimum atomic E-state index is -4.46. The number of amides is 1. The molecule has 0 saturated heterocycles. The Hall–Kier alpha value is -2.89. The Labute approximate surface area is 129 Å². The van der Waals surface area contributed by atoms with Crippen molar-refractivity contribution in [1.29, 1.82) is 0 Å². The van der Waals surface area contributed by atoms with Crippen LogP contribution in [-0.4, -0.2) is 10.9 Å². The van der Waals surface area contributed by atoms with Crippen molar-refractivity contribution in [2.45, 2.75) is 6.18 Å². The van der Waals surface area contributed by atoms with Crippen molar-refractivity contribution < 1.29 is 18.0 Å². The summed E-state index contributed by atoms with van der Waals surface area (Å²) in [5.74, 6) is -0.476. The highest BCUT2D eigenvalue weighted by molar-refractivity contribution is 6.08. The van der Waals surface area contributed by atoms with Crippen LogP contribution >= 0.6 is 0 Å². The second-order valence-corrected chi connectivity index (χ2v) is 4.87. The van der Waals surface area contributed by atoms with Gasteiger partial charge in [0.1, 0.15) is 5.69 Å². The molecule has 3 aromatic rings. The zero-order valence-corrected chi connectivity index (χ0v) is 11.8. The largest absolute Gasteiger partial charge is 0.417 e. The van der Waals surface area contributed by atoms with E-state index in [-0.39, 0.29) is 11.1 Å². The van der Waals surface area contributed by atoms with Crippen LogP contribution in [0.1, 0.15) is 16.1 Å². The second kappa shape index (κ2) is 5.72. The summed E-state index contributed by atoms with van der Waals surface area (Å²) in [5, 5.41) is 2.98. The molecule has 0 aliphatic carbocycles. The first-order valence-electron chi connectivity index (χ1n) is 6.78. The van der Waals surface area contributed by atoms with Crippen LogP contribution in [0.25, 0.3) is 10.8 Å². The van der Waals surface area contributed by atoms with E-state index in [9.17, 15) is 18.0 Å². The molecule has 1 N–H and O–H groups in total. The van der Waals surface area contributed by atoms with Gasteiger partial charge in [-0.1, -0.05) is 30.3 Å². The zero-order valence-electron chi connectivity index (χ0n) is 11.8. The molecule has 0 saturated carbocycles. The molecular weight excluding hydrogens is 305 g/mol. The van der Waals surface area contributed by atoms with Crippen molar-refractivity contribution in [1.82, 2.24) is 4.98 Å². The first-order valence-corrected chi connectivity index (χ1v) is 6.78. The van der Waals surface area contributed by atoms with Gasteiger partial charge in [0.15, 0.2) is 0 Å². The number of hydrogen-bond donors (Lipinski definition) is 1. The van der Waals surface area contributed by atoms with E-state index in [0.29, 0.717) is 11.1 Å². The fraction of sp³-hybridized carbons (Fsp3) is 0.0588. The highest BCUT2D eigenvalue weighted by atomic mass is 19.4. The SMILES string of the molecule is O=C(Nc1ccc(C(F)(F)F)c2ccccc12)c1ccccn1. The Bertz CT molecular complexity index is 861. The predicted molar refractivity (Wildman–Crippen MR) is 81.1 cm³/mol. The fourth-order valence-corrected chi connectivity index (χ4v) is 2.34. The number of nitrogens with one attached hydrogen (secondary N) is 1. The second-order valence-electron chi connectivity index (χ2n) is 4.87. The molecule has 3 rings (SSSR count). The maximum absolute atomic E-state index is 13.1. The van der Waals surface area contributed by atoms with Gasteiger partial charge in [0.05, 0.1) is 5.56 Å². The lowest BCUT2D eigenvalue weighted by Gasteiger charge is -2.14. The molecule has 0 spiro atoms. The number of fused-ring (bicyclic) bond motifs is 1. The molecule has 23 heavy (non-hydrogen) atoms. The van der Waals surface area contributed by atoms with Crippen LogP contribution in [-0.2, 0) is 6.18 Å². The molecule has 6 heteroatoms. The average molecular weight is 316 g/mol. The maximum atomic E-state index is 13.1. The summed E-state index contributed by atoms with van der Waals surface area (Å²) >= 11 is 0. The Morgan fingerprint density at radius 3 is 2.26 bits per heavy atom. The van der Waals surface area contributed by atoms with Gasteiger partial charge >= 0.3 is 6.18 Å². The van der Waals surface area contributed by atoms with Crippen LogP contribution in [0.5, 0.6) is 0 Å². The van der Waals surface area contributed by atoms with Gasteiger partial charge in [-0.05, 0) is 29.7 Å². The lowest BCUT2D eigenvalue weighted by molar-refractivity contribution is -0.136. The number of halogens is 3. The number of carbonyl (C=O) groups excluding carboxylic acids is 1. The summed E-state index contributed by atoms with van der Waals surface area (Å²) in [6, 6.07) is 13.2. The first kappa shape index (κ1) is 15.0. The molecule has 0 aliphatic rings. The summed E-state index contributed by atoms with van der Waals surface area (Å²) in [6.45, 7) is 0. The Kier molecular flexibility index (Phi) is 3.73. The van der Waals surface area contributed by atoms with Crippen molar-refractivity contribution in [2.24, 2.45) is 0 Å². The lowest BCUT2D eigenvalue weighted by atomic mass is 10.0. The number of aromatic nitrogens is 1. The van der Waals surface area contributed by atoms with Gasteiger partial charge in [-0.25, -0.2) is 0 Å². The molecule has 116 valence electrons. The van der Waals surface area contributed by atoms with Crippen molar-refractivity contribution in [3.8, 4) is 0 Å². The third kappa shape index (κ3) is 3.01. The highest BCUT2D eigenvalue weighted by Crippen LogP contribution is 2.37. The van der Waals surface area contributed by atoms with Crippen LogP contribution in [0.3, 0.4) is 0 Å². The van der Waals surface area contributed by atoms with Crippen molar-refractivity contribution >= 4 is 22.4 Å². The summed E-state index contributed by atoms with van der Waals surface area (Å²) in [7, 11) is 0. The van der Waals surface area contributed by atoms with Crippen LogP contribution in [0.4, 0.5) is 18.9 Å². The number of hydrogen-bond acceptors (Lipinski definition) is 2. The Morgan fingerprint density at radius 2 is 1.61 bits per heavy atom. The summed E-state index contributed by atoms with van der Waals surface area (Å²) in [4.78, 5) is 16.1.